The van der Waals surface area contributed by atoms with Crippen molar-refractivity contribution in [3.05, 3.63) is 70.2 Å². The average molecular weight is 288 g/mol. The summed E-state index contributed by atoms with van der Waals surface area (Å²) in [5, 5.41) is 3.43. The largest absolute Gasteiger partial charge is 0.351 e. The second-order valence-electron chi connectivity index (χ2n) is 5.01. The van der Waals surface area contributed by atoms with Gasteiger partial charge in [-0.15, -0.1) is 0 Å². The number of rotatable bonds is 4. The highest BCUT2D eigenvalue weighted by Gasteiger charge is 2.12. The monoisotopic (exact) mass is 287 g/mol. The van der Waals surface area contributed by atoms with Crippen LogP contribution in [0.4, 0.5) is 0 Å². The third kappa shape index (κ3) is 3.61. The van der Waals surface area contributed by atoms with Gasteiger partial charge in [0, 0.05) is 6.54 Å². The summed E-state index contributed by atoms with van der Waals surface area (Å²) in [7, 11) is 0. The second kappa shape index (κ2) is 6.58. The van der Waals surface area contributed by atoms with Crippen LogP contribution in [-0.4, -0.2) is 12.5 Å². The van der Waals surface area contributed by atoms with E-state index >= 15 is 0 Å². The minimum Gasteiger partial charge on any atom is -0.351 e. The average Bonchev–Trinajstić information content (AvgIpc) is 2.45. The number of carbonyl (C=O) groups is 1. The van der Waals surface area contributed by atoms with Crippen molar-refractivity contribution >= 4 is 17.5 Å². The first-order chi connectivity index (χ1) is 9.58. The highest BCUT2D eigenvalue weighted by molar-refractivity contribution is 6.33. The molecule has 0 radical (unpaired) electrons. The number of hydrogen-bond donors (Lipinski definition) is 1. The molecule has 0 aliphatic heterocycles. The molecule has 0 fully saturated rings. The summed E-state index contributed by atoms with van der Waals surface area (Å²) in [4.78, 5) is 12.1. The lowest BCUT2D eigenvalue weighted by Crippen LogP contribution is -2.27. The smallest absolute Gasteiger partial charge is 0.252 e. The van der Waals surface area contributed by atoms with E-state index in [4.69, 9.17) is 11.6 Å². The molecule has 2 nitrogen and oxygen atoms in total. The maximum atomic E-state index is 12.1. The molecule has 0 bridgehead atoms. The second-order valence-corrected chi connectivity index (χ2v) is 5.41. The standard InChI is InChI=1S/C17H18ClNO/c1-12-8-9-15(16(18)10-12)17(20)19-11-13(2)14-6-4-3-5-7-14/h3-10,13H,11H2,1-2H3,(H,19,20). The van der Waals surface area contributed by atoms with Crippen molar-refractivity contribution in [2.75, 3.05) is 6.54 Å². The van der Waals surface area contributed by atoms with Gasteiger partial charge in [0.2, 0.25) is 0 Å². The molecule has 3 heteroatoms. The Kier molecular flexibility index (Phi) is 4.80. The van der Waals surface area contributed by atoms with Crippen molar-refractivity contribution in [1.29, 1.82) is 0 Å². The predicted molar refractivity (Wildman–Crippen MR) is 83.4 cm³/mol. The van der Waals surface area contributed by atoms with Gasteiger partial charge < -0.3 is 5.32 Å². The zero-order valence-corrected chi connectivity index (χ0v) is 12.4. The van der Waals surface area contributed by atoms with E-state index in [1.807, 2.05) is 31.2 Å². The van der Waals surface area contributed by atoms with Crippen molar-refractivity contribution in [1.82, 2.24) is 5.32 Å². The summed E-state index contributed by atoms with van der Waals surface area (Å²) in [6, 6.07) is 15.6. The zero-order chi connectivity index (χ0) is 14.5. The number of carbonyl (C=O) groups excluding carboxylic acids is 1. The molecular formula is C17H18ClNO. The molecule has 0 aliphatic carbocycles. The van der Waals surface area contributed by atoms with Crippen LogP contribution in [0.2, 0.25) is 5.02 Å². The molecule has 104 valence electrons. The van der Waals surface area contributed by atoms with E-state index in [0.717, 1.165) is 5.56 Å². The van der Waals surface area contributed by atoms with Crippen LogP contribution in [0.1, 0.15) is 34.3 Å². The molecule has 0 spiro atoms. The number of aryl methyl sites for hydroxylation is 1. The van der Waals surface area contributed by atoms with Crippen molar-refractivity contribution in [3.63, 3.8) is 0 Å². The van der Waals surface area contributed by atoms with Crippen LogP contribution in [-0.2, 0) is 0 Å². The van der Waals surface area contributed by atoms with E-state index in [2.05, 4.69) is 24.4 Å². The van der Waals surface area contributed by atoms with Gasteiger partial charge in [-0.05, 0) is 36.1 Å². The van der Waals surface area contributed by atoms with E-state index in [9.17, 15) is 4.79 Å². The normalized spacial score (nSPS) is 11.9. The number of benzene rings is 2. The van der Waals surface area contributed by atoms with Crippen molar-refractivity contribution in [2.45, 2.75) is 19.8 Å². The Balaban J connectivity index is 1.99. The number of amides is 1. The third-order valence-corrected chi connectivity index (χ3v) is 3.62. The summed E-state index contributed by atoms with van der Waals surface area (Å²) >= 11 is 6.10. The first-order valence-electron chi connectivity index (χ1n) is 6.67. The molecule has 2 aromatic carbocycles. The summed E-state index contributed by atoms with van der Waals surface area (Å²) < 4.78 is 0. The lowest BCUT2D eigenvalue weighted by molar-refractivity contribution is 0.0952. The fourth-order valence-electron chi connectivity index (χ4n) is 2.04. The number of nitrogens with one attached hydrogen (secondary N) is 1. The Morgan fingerprint density at radius 3 is 2.55 bits per heavy atom. The quantitative estimate of drug-likeness (QED) is 0.898. The molecule has 1 N–H and O–H groups in total. The number of halogens is 1. The molecule has 0 aromatic heterocycles. The molecule has 0 saturated carbocycles. The highest BCUT2D eigenvalue weighted by atomic mass is 35.5. The van der Waals surface area contributed by atoms with Gasteiger partial charge in [0.25, 0.3) is 5.91 Å². The highest BCUT2D eigenvalue weighted by Crippen LogP contribution is 2.18. The maximum Gasteiger partial charge on any atom is 0.252 e. The van der Waals surface area contributed by atoms with Crippen LogP contribution in [0.15, 0.2) is 48.5 Å². The Hall–Kier alpha value is -1.80. The van der Waals surface area contributed by atoms with Gasteiger partial charge in [-0.2, -0.15) is 0 Å². The van der Waals surface area contributed by atoms with Crippen molar-refractivity contribution < 1.29 is 4.79 Å². The fourth-order valence-corrected chi connectivity index (χ4v) is 2.37. The molecule has 1 amide bonds. The molecule has 2 aromatic rings. The molecule has 2 rings (SSSR count). The Morgan fingerprint density at radius 1 is 1.20 bits per heavy atom. The van der Waals surface area contributed by atoms with Gasteiger partial charge >= 0.3 is 0 Å². The first-order valence-corrected chi connectivity index (χ1v) is 7.05. The van der Waals surface area contributed by atoms with Gasteiger partial charge in [-0.1, -0.05) is 54.9 Å². The molecular weight excluding hydrogens is 270 g/mol. The Morgan fingerprint density at radius 2 is 1.90 bits per heavy atom. The number of hydrogen-bond acceptors (Lipinski definition) is 1. The van der Waals surface area contributed by atoms with Crippen LogP contribution in [0.25, 0.3) is 0 Å². The lowest BCUT2D eigenvalue weighted by Gasteiger charge is -2.13. The van der Waals surface area contributed by atoms with Crippen LogP contribution < -0.4 is 5.32 Å². The SMILES string of the molecule is Cc1ccc(C(=O)NCC(C)c2ccccc2)c(Cl)c1. The predicted octanol–water partition coefficient (Wildman–Crippen LogP) is 4.18. The van der Waals surface area contributed by atoms with Crippen molar-refractivity contribution in [2.24, 2.45) is 0 Å². The maximum absolute atomic E-state index is 12.1. The summed E-state index contributed by atoms with van der Waals surface area (Å²) in [5.41, 5.74) is 2.78. The van der Waals surface area contributed by atoms with Crippen LogP contribution in [0, 0.1) is 6.92 Å². The van der Waals surface area contributed by atoms with Crippen LogP contribution in [0.3, 0.4) is 0 Å². The van der Waals surface area contributed by atoms with E-state index in [1.165, 1.54) is 5.56 Å². The molecule has 1 atom stereocenters. The van der Waals surface area contributed by atoms with Gasteiger partial charge in [0.15, 0.2) is 0 Å². The molecule has 0 aliphatic rings. The first kappa shape index (κ1) is 14.6. The van der Waals surface area contributed by atoms with Crippen LogP contribution >= 0.6 is 11.6 Å². The molecule has 0 saturated heterocycles. The van der Waals surface area contributed by atoms with E-state index in [1.54, 1.807) is 12.1 Å². The Labute approximate surface area is 124 Å². The summed E-state index contributed by atoms with van der Waals surface area (Å²) in [6.45, 7) is 4.63. The van der Waals surface area contributed by atoms with E-state index in [0.29, 0.717) is 17.1 Å². The molecule has 1 unspecified atom stereocenters. The Bertz CT molecular complexity index is 595. The van der Waals surface area contributed by atoms with E-state index < -0.39 is 0 Å². The van der Waals surface area contributed by atoms with Crippen molar-refractivity contribution in [3.8, 4) is 0 Å². The summed E-state index contributed by atoms with van der Waals surface area (Å²) in [6.07, 6.45) is 0. The fraction of sp³-hybridized carbons (Fsp3) is 0.235. The van der Waals surface area contributed by atoms with E-state index in [-0.39, 0.29) is 11.8 Å². The van der Waals surface area contributed by atoms with Gasteiger partial charge in [-0.25, -0.2) is 0 Å². The lowest BCUT2D eigenvalue weighted by atomic mass is 10.0. The van der Waals surface area contributed by atoms with Gasteiger partial charge in [-0.3, -0.25) is 4.79 Å². The minimum absolute atomic E-state index is 0.127. The minimum atomic E-state index is -0.127. The van der Waals surface area contributed by atoms with Gasteiger partial charge in [0.05, 0.1) is 10.6 Å². The van der Waals surface area contributed by atoms with Gasteiger partial charge in [0.1, 0.15) is 0 Å². The third-order valence-electron chi connectivity index (χ3n) is 3.31. The molecule has 0 heterocycles. The van der Waals surface area contributed by atoms with Crippen LogP contribution in [0.5, 0.6) is 0 Å². The molecule has 20 heavy (non-hydrogen) atoms. The summed E-state index contributed by atoms with van der Waals surface area (Å²) in [5.74, 6) is 0.141. The zero-order valence-electron chi connectivity index (χ0n) is 11.7. The topological polar surface area (TPSA) is 29.1 Å².